The van der Waals surface area contributed by atoms with E-state index in [1.54, 1.807) is 55.5 Å². The number of ketones is 1. The highest BCUT2D eigenvalue weighted by molar-refractivity contribution is 6.08. The molecule has 4 atom stereocenters. The molecule has 3 aliphatic carbocycles. The summed E-state index contributed by atoms with van der Waals surface area (Å²) in [5, 5.41) is 26.7. The van der Waals surface area contributed by atoms with Gasteiger partial charge < -0.3 is 34.3 Å². The van der Waals surface area contributed by atoms with E-state index in [1.807, 2.05) is 18.2 Å². The van der Waals surface area contributed by atoms with E-state index in [4.69, 9.17) is 13.9 Å². The highest BCUT2D eigenvalue weighted by Gasteiger charge is 2.57. The van der Waals surface area contributed by atoms with Gasteiger partial charge in [-0.3, -0.25) is 4.79 Å². The van der Waals surface area contributed by atoms with Crippen LogP contribution in [0, 0.1) is 5.41 Å². The molecule has 0 spiro atoms. The number of fused-ring (bicyclic) bond motifs is 8. The molecular weight excluding hydrogens is 608 g/mol. The van der Waals surface area contributed by atoms with Gasteiger partial charge in [0.05, 0.1) is 31.6 Å². The second-order valence-corrected chi connectivity index (χ2v) is 13.7. The monoisotopic (exact) mass is 658 g/mol. The summed E-state index contributed by atoms with van der Waals surface area (Å²) in [5.74, 6) is 0.559. The van der Waals surface area contributed by atoms with Crippen molar-refractivity contribution in [3.63, 3.8) is 0 Å². The third-order valence-corrected chi connectivity index (χ3v) is 10.5. The van der Waals surface area contributed by atoms with Crippen molar-refractivity contribution in [2.24, 2.45) is 5.41 Å². The predicted molar refractivity (Wildman–Crippen MR) is 186 cm³/mol. The number of benzene rings is 2. The molecule has 0 unspecified atom stereocenters. The van der Waals surface area contributed by atoms with Gasteiger partial charge in [0.15, 0.2) is 5.76 Å². The molecule has 48 heavy (non-hydrogen) atoms. The van der Waals surface area contributed by atoms with Crippen LogP contribution in [0.15, 0.2) is 76.9 Å². The first-order chi connectivity index (χ1) is 23.1. The van der Waals surface area contributed by atoms with Gasteiger partial charge >= 0.3 is 6.03 Å². The second kappa shape index (κ2) is 15.5. The topological polar surface area (TPSA) is 121 Å². The maximum Gasteiger partial charge on any atom is 0.321 e. The normalized spacial score (nSPS) is 24.3. The first-order valence-electron chi connectivity index (χ1n) is 17.0. The number of urea groups is 1. The quantitative estimate of drug-likeness (QED) is 0.120. The van der Waals surface area contributed by atoms with Gasteiger partial charge in [-0.05, 0) is 118 Å². The zero-order valence-corrected chi connectivity index (χ0v) is 28.7. The Morgan fingerprint density at radius 2 is 1.88 bits per heavy atom. The molecule has 2 aromatic carbocycles. The molecule has 3 aromatic rings. The largest absolute Gasteiger partial charge is 0.497 e. The molecule has 2 bridgehead atoms. The second-order valence-electron chi connectivity index (χ2n) is 13.7. The number of rotatable bonds is 10. The van der Waals surface area contributed by atoms with Crippen LogP contribution < -0.4 is 10.1 Å². The van der Waals surface area contributed by atoms with Crippen LogP contribution in [0.25, 0.3) is 0 Å². The van der Waals surface area contributed by atoms with Crippen LogP contribution in [0.4, 0.5) is 10.5 Å². The van der Waals surface area contributed by atoms with E-state index < -0.39 is 17.1 Å². The van der Waals surface area contributed by atoms with Gasteiger partial charge in [-0.15, -0.1) is 0 Å². The first kappa shape index (κ1) is 35.4. The van der Waals surface area contributed by atoms with Crippen molar-refractivity contribution in [1.82, 2.24) is 4.90 Å². The fourth-order valence-corrected chi connectivity index (χ4v) is 7.58. The van der Waals surface area contributed by atoms with E-state index in [9.17, 15) is 19.8 Å². The van der Waals surface area contributed by atoms with Crippen molar-refractivity contribution in [1.29, 1.82) is 0 Å². The predicted octanol–water partition coefficient (Wildman–Crippen LogP) is 7.13. The minimum absolute atomic E-state index is 0.125. The number of carbonyl (C=O) groups excluding carboxylic acids is 2. The molecule has 0 radical (unpaired) electrons. The van der Waals surface area contributed by atoms with Crippen molar-refractivity contribution in [2.75, 3.05) is 39.2 Å². The number of aliphatic hydroxyl groups excluding tert-OH is 1. The lowest BCUT2D eigenvalue weighted by Gasteiger charge is -2.46. The number of amides is 2. The average molecular weight is 659 g/mol. The number of carbonyl (C=O) groups is 2. The Morgan fingerprint density at radius 1 is 1.08 bits per heavy atom. The molecule has 0 saturated heterocycles. The number of allylic oxidation sites excluding steroid dienone is 2. The number of furan rings is 1. The maximum atomic E-state index is 14.0. The van der Waals surface area contributed by atoms with Crippen molar-refractivity contribution in [2.45, 2.75) is 82.8 Å². The van der Waals surface area contributed by atoms with Crippen molar-refractivity contribution in [3.8, 4) is 5.75 Å². The summed E-state index contributed by atoms with van der Waals surface area (Å²) >= 11 is 0. The molecule has 258 valence electrons. The Morgan fingerprint density at radius 3 is 2.58 bits per heavy atom. The van der Waals surface area contributed by atoms with E-state index in [2.05, 4.69) is 25.2 Å². The molecule has 1 fully saturated rings. The summed E-state index contributed by atoms with van der Waals surface area (Å²) in [6, 6.07) is 16.1. The minimum Gasteiger partial charge on any atom is -0.497 e. The summed E-state index contributed by atoms with van der Waals surface area (Å²) in [5.41, 5.74) is 2.18. The van der Waals surface area contributed by atoms with E-state index >= 15 is 0 Å². The highest BCUT2D eigenvalue weighted by Crippen LogP contribution is 2.59. The summed E-state index contributed by atoms with van der Waals surface area (Å²) in [4.78, 5) is 29.5. The van der Waals surface area contributed by atoms with E-state index in [0.717, 1.165) is 24.0 Å². The molecular formula is C39H50N2O7. The number of hydrogen-bond acceptors (Lipinski definition) is 7. The van der Waals surface area contributed by atoms with Crippen LogP contribution in [0.3, 0.4) is 0 Å². The van der Waals surface area contributed by atoms with E-state index in [1.165, 1.54) is 11.8 Å². The van der Waals surface area contributed by atoms with Gasteiger partial charge in [-0.25, -0.2) is 4.79 Å². The number of nitrogens with one attached hydrogen (secondary N) is 1. The lowest BCUT2D eigenvalue weighted by Crippen LogP contribution is -2.54. The van der Waals surface area contributed by atoms with Crippen LogP contribution in [-0.2, 0) is 11.2 Å². The Labute approximate surface area is 283 Å². The summed E-state index contributed by atoms with van der Waals surface area (Å²) in [6.07, 6.45) is 8.09. The zero-order chi connectivity index (χ0) is 34.3. The molecule has 6 rings (SSSR count). The van der Waals surface area contributed by atoms with Gasteiger partial charge in [0.25, 0.3) is 0 Å². The number of methoxy groups -OCH3 is 2. The van der Waals surface area contributed by atoms with E-state index in [0.29, 0.717) is 68.7 Å². The lowest BCUT2D eigenvalue weighted by molar-refractivity contribution is -0.0767. The third kappa shape index (κ3) is 7.86. The SMILES string of the molecule is COCCCN(C[C@]1(O)CC[C@H]2c3ccc(cc3C(=O)c3ccco3)C[C@@H](O)CCC(C)=CCC[C@@]21C)C(=O)Nc1ccc(OC)cc1. The van der Waals surface area contributed by atoms with Gasteiger partial charge in [-0.2, -0.15) is 0 Å². The van der Waals surface area contributed by atoms with Crippen molar-refractivity contribution >= 4 is 17.5 Å². The van der Waals surface area contributed by atoms with Gasteiger partial charge in [0.2, 0.25) is 5.78 Å². The maximum absolute atomic E-state index is 14.0. The average Bonchev–Trinajstić information content (AvgIpc) is 3.70. The van der Waals surface area contributed by atoms with Crippen LogP contribution in [0.1, 0.15) is 92.0 Å². The van der Waals surface area contributed by atoms with Crippen LogP contribution >= 0.6 is 0 Å². The molecule has 1 heterocycles. The summed E-state index contributed by atoms with van der Waals surface area (Å²) in [7, 11) is 3.23. The minimum atomic E-state index is -1.25. The Balaban J connectivity index is 1.53. The van der Waals surface area contributed by atoms with Gasteiger partial charge in [0, 0.05) is 36.9 Å². The first-order valence-corrected chi connectivity index (χ1v) is 17.0. The molecule has 1 aromatic heterocycles. The Bertz CT molecular complexity index is 1570. The standard InChI is InChI=1S/C39H50N2O7/c1-27-8-5-19-38(2)34(32-17-11-28(24-30(42)14-10-27)25-33(32)36(43)35-9-6-23-48-35)18-20-39(38,45)26-41(21-7-22-46-3)37(44)40-29-12-15-31(47-4)16-13-29/h6,8-9,11-13,15-17,23,25,30,34,42,45H,5,7,10,14,18-22,24,26H2,1-4H3,(H,40,44)/t30-,34-,38-,39+/m0/s1. The molecule has 2 amide bonds. The van der Waals surface area contributed by atoms with Crippen LogP contribution in [0.2, 0.25) is 0 Å². The smallest absolute Gasteiger partial charge is 0.321 e. The van der Waals surface area contributed by atoms with Crippen molar-refractivity contribution < 1.29 is 33.7 Å². The van der Waals surface area contributed by atoms with E-state index in [-0.39, 0.29) is 30.0 Å². The third-order valence-electron chi connectivity index (χ3n) is 10.5. The van der Waals surface area contributed by atoms with Gasteiger partial charge in [-0.1, -0.05) is 30.7 Å². The molecule has 0 aliphatic heterocycles. The fourth-order valence-electron chi connectivity index (χ4n) is 7.58. The number of aliphatic hydroxyl groups is 2. The summed E-state index contributed by atoms with van der Waals surface area (Å²) in [6.45, 7) is 5.22. The molecule has 3 aliphatic rings. The molecule has 3 N–H and O–H groups in total. The zero-order valence-electron chi connectivity index (χ0n) is 28.7. The number of ether oxygens (including phenoxy) is 2. The number of anilines is 1. The van der Waals surface area contributed by atoms with Crippen LogP contribution in [0.5, 0.6) is 5.75 Å². The van der Waals surface area contributed by atoms with Gasteiger partial charge in [0.1, 0.15) is 5.75 Å². The number of nitrogens with zero attached hydrogens (tertiary/aromatic N) is 1. The Hall–Kier alpha value is -3.92. The van der Waals surface area contributed by atoms with Crippen molar-refractivity contribution in [3.05, 3.63) is 95.0 Å². The fraction of sp³-hybridized carbons (Fsp3) is 0.487. The Kier molecular flexibility index (Phi) is 11.5. The molecule has 9 nitrogen and oxygen atoms in total. The van der Waals surface area contributed by atoms with Crippen LogP contribution in [-0.4, -0.2) is 72.5 Å². The number of hydrogen-bond donors (Lipinski definition) is 3. The molecule has 9 heteroatoms. The summed E-state index contributed by atoms with van der Waals surface area (Å²) < 4.78 is 16.1. The lowest BCUT2D eigenvalue weighted by atomic mass is 9.64. The highest BCUT2D eigenvalue weighted by atomic mass is 16.5. The molecule has 1 saturated carbocycles.